The van der Waals surface area contributed by atoms with Crippen molar-refractivity contribution >= 4 is 91.9 Å². The number of nitrogens with zero attached hydrogens (tertiary/aromatic N) is 2. The first-order valence-corrected chi connectivity index (χ1v) is 18.9. The summed E-state index contributed by atoms with van der Waals surface area (Å²) in [6, 6.07) is 71.0. The van der Waals surface area contributed by atoms with E-state index in [0.717, 1.165) is 22.7 Å². The second kappa shape index (κ2) is 11.9. The van der Waals surface area contributed by atoms with Crippen LogP contribution in [0.2, 0.25) is 0 Å². The van der Waals surface area contributed by atoms with Gasteiger partial charge in [0.2, 0.25) is 0 Å². The SMILES string of the molecule is c1ccc(-c2ccc(N(c3ccc4ccccc4c3)c3ccc4c(c3)c3cc5c(ccc6c7ccccc7sc56)cc3n4-c3ccccc3)cc2)cc1. The summed E-state index contributed by atoms with van der Waals surface area (Å²) in [4.78, 5) is 2.40. The van der Waals surface area contributed by atoms with E-state index in [4.69, 9.17) is 0 Å². The van der Waals surface area contributed by atoms with Crippen molar-refractivity contribution in [2.45, 2.75) is 0 Å². The number of fused-ring (bicyclic) bond motifs is 9. The van der Waals surface area contributed by atoms with E-state index in [1.165, 1.54) is 74.6 Å². The molecule has 0 saturated carbocycles. The number of thiophene rings is 1. The molecule has 9 aromatic carbocycles. The molecule has 53 heavy (non-hydrogen) atoms. The molecular weight excluding hydrogens is 661 g/mol. The fraction of sp³-hybridized carbons (Fsp3) is 0. The maximum Gasteiger partial charge on any atom is 0.0547 e. The van der Waals surface area contributed by atoms with Gasteiger partial charge in [-0.2, -0.15) is 0 Å². The van der Waals surface area contributed by atoms with Gasteiger partial charge in [0.1, 0.15) is 0 Å². The summed E-state index contributed by atoms with van der Waals surface area (Å²) < 4.78 is 5.10. The Balaban J connectivity index is 1.17. The maximum atomic E-state index is 2.45. The Hall–Kier alpha value is -6.68. The third-order valence-corrected chi connectivity index (χ3v) is 11.9. The molecule has 11 rings (SSSR count). The Morgan fingerprint density at radius 3 is 1.85 bits per heavy atom. The van der Waals surface area contributed by atoms with Crippen LogP contribution in [0.15, 0.2) is 194 Å². The minimum atomic E-state index is 1.11. The lowest BCUT2D eigenvalue weighted by atomic mass is 10.0. The minimum Gasteiger partial charge on any atom is -0.310 e. The number of aromatic nitrogens is 1. The molecule has 2 heterocycles. The zero-order chi connectivity index (χ0) is 34.9. The smallest absolute Gasteiger partial charge is 0.0547 e. The fourth-order valence-corrected chi connectivity index (χ4v) is 9.43. The van der Waals surface area contributed by atoms with Crippen LogP contribution in [0.1, 0.15) is 0 Å². The third-order valence-electron chi connectivity index (χ3n) is 10.7. The van der Waals surface area contributed by atoms with E-state index in [1.54, 1.807) is 0 Å². The topological polar surface area (TPSA) is 8.17 Å². The Morgan fingerprint density at radius 2 is 1.00 bits per heavy atom. The van der Waals surface area contributed by atoms with Gasteiger partial charge in [0.25, 0.3) is 0 Å². The molecule has 3 heteroatoms. The number of hydrogen-bond donors (Lipinski definition) is 0. The predicted octanol–water partition coefficient (Wildman–Crippen LogP) is 14.6. The normalized spacial score (nSPS) is 11.8. The number of para-hydroxylation sites is 1. The third kappa shape index (κ3) is 4.86. The predicted molar refractivity (Wildman–Crippen MR) is 229 cm³/mol. The van der Waals surface area contributed by atoms with Gasteiger partial charge in [-0.25, -0.2) is 0 Å². The molecule has 11 aromatic rings. The van der Waals surface area contributed by atoms with Crippen LogP contribution in [0.4, 0.5) is 17.1 Å². The van der Waals surface area contributed by atoms with E-state index in [1.807, 2.05) is 11.3 Å². The Bertz CT molecular complexity index is 3160. The van der Waals surface area contributed by atoms with Gasteiger partial charge < -0.3 is 9.47 Å². The molecule has 0 aliphatic carbocycles. The molecule has 0 fully saturated rings. The van der Waals surface area contributed by atoms with Gasteiger partial charge in [0.05, 0.1) is 11.0 Å². The van der Waals surface area contributed by atoms with Crippen LogP contribution in [0.25, 0.3) is 80.3 Å². The molecule has 0 aliphatic rings. The van der Waals surface area contributed by atoms with Crippen molar-refractivity contribution in [1.29, 1.82) is 0 Å². The van der Waals surface area contributed by atoms with Gasteiger partial charge in [-0.1, -0.05) is 121 Å². The highest BCUT2D eigenvalue weighted by molar-refractivity contribution is 7.26. The second-order valence-electron chi connectivity index (χ2n) is 13.8. The first-order chi connectivity index (χ1) is 26.3. The molecule has 0 amide bonds. The summed E-state index contributed by atoms with van der Waals surface area (Å²) in [6.45, 7) is 0. The molecule has 0 spiro atoms. The van der Waals surface area contributed by atoms with Crippen molar-refractivity contribution in [3.8, 4) is 16.8 Å². The highest BCUT2D eigenvalue weighted by Gasteiger charge is 2.19. The summed E-state index contributed by atoms with van der Waals surface area (Å²) in [5.74, 6) is 0. The van der Waals surface area contributed by atoms with Crippen LogP contribution >= 0.6 is 11.3 Å². The zero-order valence-corrected chi connectivity index (χ0v) is 29.6. The zero-order valence-electron chi connectivity index (χ0n) is 28.8. The van der Waals surface area contributed by atoms with Crippen LogP contribution in [0.5, 0.6) is 0 Å². The number of benzene rings is 9. The van der Waals surface area contributed by atoms with Crippen LogP contribution in [0, 0.1) is 0 Å². The van der Waals surface area contributed by atoms with Gasteiger partial charge in [-0.05, 0) is 100 Å². The molecule has 2 nitrogen and oxygen atoms in total. The van der Waals surface area contributed by atoms with E-state index in [2.05, 4.69) is 204 Å². The summed E-state index contributed by atoms with van der Waals surface area (Å²) in [5, 5.41) is 10.1. The highest BCUT2D eigenvalue weighted by Crippen LogP contribution is 2.44. The van der Waals surface area contributed by atoms with Crippen molar-refractivity contribution in [3.05, 3.63) is 194 Å². The largest absolute Gasteiger partial charge is 0.310 e. The van der Waals surface area contributed by atoms with Crippen molar-refractivity contribution < 1.29 is 0 Å². The lowest BCUT2D eigenvalue weighted by molar-refractivity contribution is 1.18. The second-order valence-corrected chi connectivity index (χ2v) is 14.8. The molecule has 0 unspecified atom stereocenters. The molecule has 0 bridgehead atoms. The Labute approximate surface area is 311 Å². The quantitative estimate of drug-likeness (QED) is 0.174. The van der Waals surface area contributed by atoms with Crippen LogP contribution in [-0.4, -0.2) is 4.57 Å². The summed E-state index contributed by atoms with van der Waals surface area (Å²) >= 11 is 1.90. The van der Waals surface area contributed by atoms with Crippen LogP contribution < -0.4 is 4.90 Å². The van der Waals surface area contributed by atoms with E-state index in [-0.39, 0.29) is 0 Å². The molecule has 2 aromatic heterocycles. The van der Waals surface area contributed by atoms with Crippen molar-refractivity contribution in [2.24, 2.45) is 0 Å². The lowest BCUT2D eigenvalue weighted by Gasteiger charge is -2.26. The highest BCUT2D eigenvalue weighted by atomic mass is 32.1. The Morgan fingerprint density at radius 1 is 0.358 bits per heavy atom. The van der Waals surface area contributed by atoms with Crippen molar-refractivity contribution in [2.75, 3.05) is 4.90 Å². The van der Waals surface area contributed by atoms with Gasteiger partial charge in [0, 0.05) is 59.1 Å². The average molecular weight is 693 g/mol. The van der Waals surface area contributed by atoms with Crippen LogP contribution in [0.3, 0.4) is 0 Å². The molecule has 0 atom stereocenters. The summed E-state index contributed by atoms with van der Waals surface area (Å²) in [7, 11) is 0. The van der Waals surface area contributed by atoms with E-state index < -0.39 is 0 Å². The standard InChI is InChI=1S/C50H32N2S/c1-3-11-33(12-4-1)35-19-23-39(24-20-35)51(40-25-21-34-13-7-8-14-36(34)29-40)41-26-28-47-45(31-41)46-32-44-37(30-48(46)52(47)38-15-5-2-6-16-38)22-27-43-42-17-9-10-18-49(42)53-50(43)44/h1-32H. The van der Waals surface area contributed by atoms with Crippen LogP contribution in [-0.2, 0) is 0 Å². The molecule has 0 N–H and O–H groups in total. The number of anilines is 3. The number of hydrogen-bond acceptors (Lipinski definition) is 2. The average Bonchev–Trinajstić information content (AvgIpc) is 3.76. The first-order valence-electron chi connectivity index (χ1n) is 18.1. The monoisotopic (exact) mass is 692 g/mol. The molecule has 248 valence electrons. The van der Waals surface area contributed by atoms with Crippen molar-refractivity contribution in [1.82, 2.24) is 4.57 Å². The fourth-order valence-electron chi connectivity index (χ4n) is 8.20. The lowest BCUT2D eigenvalue weighted by Crippen LogP contribution is -2.10. The molecule has 0 aliphatic heterocycles. The minimum absolute atomic E-state index is 1.11. The van der Waals surface area contributed by atoms with Gasteiger partial charge in [-0.15, -0.1) is 11.3 Å². The van der Waals surface area contributed by atoms with Gasteiger partial charge in [0.15, 0.2) is 0 Å². The van der Waals surface area contributed by atoms with Gasteiger partial charge in [-0.3, -0.25) is 0 Å². The number of rotatable bonds is 5. The summed E-state index contributed by atoms with van der Waals surface area (Å²) in [5.41, 5.74) is 9.33. The summed E-state index contributed by atoms with van der Waals surface area (Å²) in [6.07, 6.45) is 0. The van der Waals surface area contributed by atoms with Gasteiger partial charge >= 0.3 is 0 Å². The molecule has 0 saturated heterocycles. The van der Waals surface area contributed by atoms with Crippen molar-refractivity contribution in [3.63, 3.8) is 0 Å². The Kier molecular flexibility index (Phi) is 6.76. The van der Waals surface area contributed by atoms with E-state index in [0.29, 0.717) is 0 Å². The van der Waals surface area contributed by atoms with E-state index >= 15 is 0 Å². The molecule has 0 radical (unpaired) electrons. The molecular formula is C50H32N2S. The first kappa shape index (κ1) is 30.0. The maximum absolute atomic E-state index is 2.45. The van der Waals surface area contributed by atoms with E-state index in [9.17, 15) is 0 Å².